The molecule has 1 rings (SSSR count). The smallest absolute Gasteiger partial charge is 0.184 e. The molecule has 0 saturated heterocycles. The van der Waals surface area contributed by atoms with E-state index in [4.69, 9.17) is 4.52 Å². The molecule has 0 aliphatic heterocycles. The number of hydrogen-bond donors (Lipinski definition) is 0. The Kier molecular flexibility index (Phi) is 3.86. The monoisotopic (exact) mass is 195 g/mol. The van der Waals surface area contributed by atoms with Crippen LogP contribution in [0.4, 0.5) is 0 Å². The second-order valence-electron chi connectivity index (χ2n) is 4.03. The summed E-state index contributed by atoms with van der Waals surface area (Å²) in [5.74, 6) is 1.43. The number of aromatic nitrogens is 1. The van der Waals surface area contributed by atoms with Crippen molar-refractivity contribution in [3.8, 4) is 0 Å². The Morgan fingerprint density at radius 1 is 1.57 bits per heavy atom. The molecule has 0 aromatic carbocycles. The van der Waals surface area contributed by atoms with Gasteiger partial charge < -0.3 is 4.52 Å². The Balaban J connectivity index is 2.36. The molecule has 0 N–H and O–H groups in total. The lowest BCUT2D eigenvalue weighted by atomic mass is 10.0. The van der Waals surface area contributed by atoms with Crippen molar-refractivity contribution in [3.05, 3.63) is 17.5 Å². The van der Waals surface area contributed by atoms with E-state index in [0.29, 0.717) is 23.8 Å². The Hall–Kier alpha value is -1.12. The molecule has 3 heteroatoms. The Labute approximate surface area is 84.5 Å². The van der Waals surface area contributed by atoms with Crippen molar-refractivity contribution in [1.29, 1.82) is 0 Å². The summed E-state index contributed by atoms with van der Waals surface area (Å²) in [6, 6.07) is 1.69. The van der Waals surface area contributed by atoms with Gasteiger partial charge in [-0.2, -0.15) is 0 Å². The highest BCUT2D eigenvalue weighted by Crippen LogP contribution is 2.10. The van der Waals surface area contributed by atoms with Crippen LogP contribution in [0.25, 0.3) is 0 Å². The molecule has 0 aliphatic rings. The molecular weight excluding hydrogens is 178 g/mol. The highest BCUT2D eigenvalue weighted by Gasteiger charge is 2.10. The molecular formula is C11H17NO2. The van der Waals surface area contributed by atoms with E-state index in [1.807, 2.05) is 0 Å². The van der Waals surface area contributed by atoms with Crippen LogP contribution in [0, 0.1) is 12.8 Å². The fraction of sp³-hybridized carbons (Fsp3) is 0.636. The number of rotatable bonds is 5. The fourth-order valence-corrected chi connectivity index (χ4v) is 1.30. The first-order chi connectivity index (χ1) is 6.59. The Morgan fingerprint density at radius 3 is 2.79 bits per heavy atom. The topological polar surface area (TPSA) is 43.1 Å². The van der Waals surface area contributed by atoms with E-state index < -0.39 is 0 Å². The summed E-state index contributed by atoms with van der Waals surface area (Å²) in [6.07, 6.45) is 2.59. The van der Waals surface area contributed by atoms with Crippen molar-refractivity contribution in [2.24, 2.45) is 5.92 Å². The Morgan fingerprint density at radius 2 is 2.29 bits per heavy atom. The molecule has 14 heavy (non-hydrogen) atoms. The summed E-state index contributed by atoms with van der Waals surface area (Å²) >= 11 is 0. The van der Waals surface area contributed by atoms with Gasteiger partial charge in [0.1, 0.15) is 11.5 Å². The van der Waals surface area contributed by atoms with Crippen LogP contribution in [0.5, 0.6) is 0 Å². The molecule has 0 bridgehead atoms. The molecule has 0 saturated carbocycles. The standard InChI is InChI=1S/C11H17NO2/c1-8(2)5-4-6-11(13)10-7-9(3)14-12-10/h7-8H,4-6H2,1-3H3. The first-order valence-electron chi connectivity index (χ1n) is 5.06. The van der Waals surface area contributed by atoms with Crippen LogP contribution in [0.3, 0.4) is 0 Å². The van der Waals surface area contributed by atoms with E-state index in [2.05, 4.69) is 19.0 Å². The summed E-state index contributed by atoms with van der Waals surface area (Å²) in [5, 5.41) is 3.69. The third kappa shape index (κ3) is 3.32. The summed E-state index contributed by atoms with van der Waals surface area (Å²) < 4.78 is 4.84. The molecule has 0 unspecified atom stereocenters. The highest BCUT2D eigenvalue weighted by molar-refractivity contribution is 5.94. The summed E-state index contributed by atoms with van der Waals surface area (Å²) in [6.45, 7) is 6.10. The lowest BCUT2D eigenvalue weighted by Gasteiger charge is -2.01. The van der Waals surface area contributed by atoms with Crippen LogP contribution in [-0.2, 0) is 0 Å². The lowest BCUT2D eigenvalue weighted by Crippen LogP contribution is -2.00. The van der Waals surface area contributed by atoms with Crippen LogP contribution in [0.2, 0.25) is 0 Å². The van der Waals surface area contributed by atoms with E-state index in [1.54, 1.807) is 13.0 Å². The second kappa shape index (κ2) is 4.94. The van der Waals surface area contributed by atoms with E-state index in [0.717, 1.165) is 12.8 Å². The maximum Gasteiger partial charge on any atom is 0.184 e. The van der Waals surface area contributed by atoms with Crippen LogP contribution < -0.4 is 0 Å². The van der Waals surface area contributed by atoms with Crippen molar-refractivity contribution >= 4 is 5.78 Å². The minimum atomic E-state index is 0.0856. The summed E-state index contributed by atoms with van der Waals surface area (Å²) in [4.78, 5) is 11.5. The van der Waals surface area contributed by atoms with Crippen LogP contribution in [-0.4, -0.2) is 10.9 Å². The van der Waals surface area contributed by atoms with Gasteiger partial charge in [-0.05, 0) is 19.3 Å². The number of ketones is 1. The molecule has 1 aromatic rings. The minimum Gasteiger partial charge on any atom is -0.361 e. The summed E-state index contributed by atoms with van der Waals surface area (Å²) in [7, 11) is 0. The van der Waals surface area contributed by atoms with Gasteiger partial charge in [-0.25, -0.2) is 0 Å². The molecule has 0 spiro atoms. The minimum absolute atomic E-state index is 0.0856. The number of aryl methyl sites for hydroxylation is 1. The second-order valence-corrected chi connectivity index (χ2v) is 4.03. The third-order valence-corrected chi connectivity index (χ3v) is 2.10. The van der Waals surface area contributed by atoms with E-state index in [-0.39, 0.29) is 5.78 Å². The quantitative estimate of drug-likeness (QED) is 0.678. The molecule has 0 atom stereocenters. The molecule has 0 amide bonds. The largest absolute Gasteiger partial charge is 0.361 e. The molecule has 0 aliphatic carbocycles. The van der Waals surface area contributed by atoms with Crippen LogP contribution >= 0.6 is 0 Å². The molecule has 3 nitrogen and oxygen atoms in total. The highest BCUT2D eigenvalue weighted by atomic mass is 16.5. The maximum absolute atomic E-state index is 11.5. The fourth-order valence-electron chi connectivity index (χ4n) is 1.30. The van der Waals surface area contributed by atoms with Crippen molar-refractivity contribution in [3.63, 3.8) is 0 Å². The van der Waals surface area contributed by atoms with Crippen molar-refractivity contribution in [1.82, 2.24) is 5.16 Å². The van der Waals surface area contributed by atoms with E-state index in [1.165, 1.54) is 0 Å². The SMILES string of the molecule is Cc1cc(C(=O)CCCC(C)C)no1. The third-order valence-electron chi connectivity index (χ3n) is 2.10. The normalized spacial score (nSPS) is 10.9. The molecule has 1 aromatic heterocycles. The predicted molar refractivity (Wildman–Crippen MR) is 54.3 cm³/mol. The van der Waals surface area contributed by atoms with Gasteiger partial charge in [0.25, 0.3) is 0 Å². The van der Waals surface area contributed by atoms with Crippen molar-refractivity contribution < 1.29 is 9.32 Å². The Bertz CT molecular complexity index is 302. The molecule has 1 heterocycles. The predicted octanol–water partition coefficient (Wildman–Crippen LogP) is 2.99. The van der Waals surface area contributed by atoms with Crippen molar-refractivity contribution in [2.45, 2.75) is 40.0 Å². The van der Waals surface area contributed by atoms with Gasteiger partial charge in [0.15, 0.2) is 5.78 Å². The number of Topliss-reactive ketones (excluding diaryl/α,β-unsaturated/α-hetero) is 1. The van der Waals surface area contributed by atoms with Gasteiger partial charge >= 0.3 is 0 Å². The molecule has 0 fully saturated rings. The zero-order chi connectivity index (χ0) is 10.6. The van der Waals surface area contributed by atoms with Gasteiger partial charge in [-0.3, -0.25) is 4.79 Å². The first kappa shape index (κ1) is 11.0. The van der Waals surface area contributed by atoms with Gasteiger partial charge in [0, 0.05) is 12.5 Å². The zero-order valence-electron chi connectivity index (χ0n) is 9.04. The van der Waals surface area contributed by atoms with E-state index in [9.17, 15) is 4.79 Å². The van der Waals surface area contributed by atoms with Gasteiger partial charge in [-0.15, -0.1) is 0 Å². The maximum atomic E-state index is 11.5. The van der Waals surface area contributed by atoms with Crippen LogP contribution in [0.1, 0.15) is 49.4 Å². The number of nitrogens with zero attached hydrogens (tertiary/aromatic N) is 1. The first-order valence-corrected chi connectivity index (χ1v) is 5.06. The molecule has 78 valence electrons. The van der Waals surface area contributed by atoms with E-state index >= 15 is 0 Å². The van der Waals surface area contributed by atoms with Crippen molar-refractivity contribution in [2.75, 3.05) is 0 Å². The molecule has 0 radical (unpaired) electrons. The average molecular weight is 195 g/mol. The van der Waals surface area contributed by atoms with Crippen LogP contribution in [0.15, 0.2) is 10.6 Å². The number of hydrogen-bond acceptors (Lipinski definition) is 3. The summed E-state index contributed by atoms with van der Waals surface area (Å²) in [5.41, 5.74) is 0.464. The van der Waals surface area contributed by atoms with Gasteiger partial charge in [0.05, 0.1) is 0 Å². The van der Waals surface area contributed by atoms with Gasteiger partial charge in [0.2, 0.25) is 0 Å². The lowest BCUT2D eigenvalue weighted by molar-refractivity contribution is 0.0969. The zero-order valence-corrected chi connectivity index (χ0v) is 9.04. The number of carbonyl (C=O) groups excluding carboxylic acids is 1. The number of carbonyl (C=O) groups is 1. The average Bonchev–Trinajstić information content (AvgIpc) is 2.51. The van der Waals surface area contributed by atoms with Gasteiger partial charge in [-0.1, -0.05) is 25.4 Å².